The van der Waals surface area contributed by atoms with Crippen LogP contribution in [0.15, 0.2) is 53.1 Å². The number of aromatic nitrogens is 2. The van der Waals surface area contributed by atoms with E-state index in [-0.39, 0.29) is 11.8 Å². The van der Waals surface area contributed by atoms with Crippen LogP contribution in [0.1, 0.15) is 30.7 Å². The van der Waals surface area contributed by atoms with Crippen LogP contribution in [0.2, 0.25) is 0 Å². The molecule has 1 saturated heterocycles. The van der Waals surface area contributed by atoms with Crippen molar-refractivity contribution in [3.8, 4) is 23.0 Å². The van der Waals surface area contributed by atoms with Gasteiger partial charge in [0.1, 0.15) is 11.5 Å². The molecular formula is C22H23N3O4. The van der Waals surface area contributed by atoms with E-state index >= 15 is 0 Å². The van der Waals surface area contributed by atoms with Gasteiger partial charge < -0.3 is 18.9 Å². The number of rotatable bonds is 7. The standard InChI is InChI=1S/C22H23N3O4/c1-3-28-17-10-8-15(9-11-17)13-25-14-16(12-20(25)26)21-23-22(29-24-21)18-6-4-5-7-19(18)27-2/h4-11,16H,3,12-14H2,1-2H3. The highest BCUT2D eigenvalue weighted by atomic mass is 16.5. The number of methoxy groups -OCH3 is 1. The summed E-state index contributed by atoms with van der Waals surface area (Å²) in [7, 11) is 1.60. The third kappa shape index (κ3) is 4.08. The first kappa shape index (κ1) is 19.0. The molecule has 2 aromatic carbocycles. The Morgan fingerprint density at radius 1 is 1.17 bits per heavy atom. The molecule has 1 fully saturated rings. The monoisotopic (exact) mass is 393 g/mol. The molecule has 4 rings (SSSR count). The highest BCUT2D eigenvalue weighted by Crippen LogP contribution is 2.32. The number of likely N-dealkylation sites (tertiary alicyclic amines) is 1. The van der Waals surface area contributed by atoms with Gasteiger partial charge >= 0.3 is 0 Å². The van der Waals surface area contributed by atoms with Gasteiger partial charge in [-0.1, -0.05) is 29.4 Å². The first-order valence-corrected chi connectivity index (χ1v) is 9.64. The van der Waals surface area contributed by atoms with E-state index in [1.807, 2.05) is 60.4 Å². The fraction of sp³-hybridized carbons (Fsp3) is 0.318. The zero-order valence-electron chi connectivity index (χ0n) is 16.5. The molecule has 2 heterocycles. The van der Waals surface area contributed by atoms with E-state index < -0.39 is 0 Å². The molecule has 0 spiro atoms. The van der Waals surface area contributed by atoms with Crippen molar-refractivity contribution < 1.29 is 18.8 Å². The van der Waals surface area contributed by atoms with Crippen molar-refractivity contribution >= 4 is 5.91 Å². The molecule has 1 aromatic heterocycles. The molecule has 7 nitrogen and oxygen atoms in total. The SMILES string of the molecule is CCOc1ccc(CN2CC(c3noc(-c4ccccc4OC)n3)CC2=O)cc1. The third-order valence-electron chi connectivity index (χ3n) is 4.97. The molecule has 150 valence electrons. The molecule has 7 heteroatoms. The normalized spacial score (nSPS) is 16.3. The predicted octanol–water partition coefficient (Wildman–Crippen LogP) is 3.66. The maximum atomic E-state index is 12.5. The lowest BCUT2D eigenvalue weighted by Crippen LogP contribution is -2.24. The second-order valence-electron chi connectivity index (χ2n) is 6.91. The molecule has 0 N–H and O–H groups in total. The van der Waals surface area contributed by atoms with Gasteiger partial charge in [-0.25, -0.2) is 0 Å². The molecule has 0 saturated carbocycles. The number of ether oxygens (including phenoxy) is 2. The summed E-state index contributed by atoms with van der Waals surface area (Å²) < 4.78 is 16.3. The zero-order chi connectivity index (χ0) is 20.2. The summed E-state index contributed by atoms with van der Waals surface area (Å²) in [6.45, 7) is 3.71. The minimum Gasteiger partial charge on any atom is -0.496 e. The van der Waals surface area contributed by atoms with Gasteiger partial charge in [-0.05, 0) is 36.8 Å². The Bertz CT molecular complexity index is 984. The average molecular weight is 393 g/mol. The molecule has 1 aliphatic heterocycles. The Morgan fingerprint density at radius 2 is 1.97 bits per heavy atom. The third-order valence-corrected chi connectivity index (χ3v) is 4.97. The van der Waals surface area contributed by atoms with Crippen LogP contribution in [0, 0.1) is 0 Å². The van der Waals surface area contributed by atoms with Crippen molar-refractivity contribution in [2.75, 3.05) is 20.3 Å². The minimum atomic E-state index is -0.0857. The first-order valence-electron chi connectivity index (χ1n) is 9.64. The number of amides is 1. The summed E-state index contributed by atoms with van der Waals surface area (Å²) in [5, 5.41) is 4.12. The number of hydrogen-bond donors (Lipinski definition) is 0. The molecule has 0 radical (unpaired) electrons. The molecule has 29 heavy (non-hydrogen) atoms. The summed E-state index contributed by atoms with van der Waals surface area (Å²) in [5.41, 5.74) is 1.80. The van der Waals surface area contributed by atoms with Gasteiger partial charge in [0.05, 0.1) is 19.3 Å². The molecule has 1 amide bonds. The largest absolute Gasteiger partial charge is 0.496 e. The summed E-state index contributed by atoms with van der Waals surface area (Å²) in [6, 6.07) is 15.3. The van der Waals surface area contributed by atoms with Crippen LogP contribution >= 0.6 is 0 Å². The van der Waals surface area contributed by atoms with Crippen molar-refractivity contribution in [2.24, 2.45) is 0 Å². The lowest BCUT2D eigenvalue weighted by molar-refractivity contribution is -0.128. The van der Waals surface area contributed by atoms with Crippen molar-refractivity contribution in [1.82, 2.24) is 15.0 Å². The van der Waals surface area contributed by atoms with Gasteiger partial charge in [-0.15, -0.1) is 0 Å². The minimum absolute atomic E-state index is 0.0857. The van der Waals surface area contributed by atoms with E-state index in [1.54, 1.807) is 7.11 Å². The van der Waals surface area contributed by atoms with E-state index in [9.17, 15) is 4.79 Å². The van der Waals surface area contributed by atoms with Crippen molar-refractivity contribution in [3.05, 3.63) is 59.9 Å². The summed E-state index contributed by atoms with van der Waals surface area (Å²) in [4.78, 5) is 18.9. The molecule has 0 bridgehead atoms. The van der Waals surface area contributed by atoms with Crippen molar-refractivity contribution in [1.29, 1.82) is 0 Å². The number of benzene rings is 2. The lowest BCUT2D eigenvalue weighted by Gasteiger charge is -2.16. The summed E-state index contributed by atoms with van der Waals surface area (Å²) >= 11 is 0. The zero-order valence-corrected chi connectivity index (χ0v) is 16.5. The highest BCUT2D eigenvalue weighted by Gasteiger charge is 2.34. The van der Waals surface area contributed by atoms with Gasteiger partial charge in [0.15, 0.2) is 5.82 Å². The fourth-order valence-corrected chi connectivity index (χ4v) is 3.51. The van der Waals surface area contributed by atoms with E-state index in [0.717, 1.165) is 16.9 Å². The van der Waals surface area contributed by atoms with Crippen LogP contribution in [-0.2, 0) is 11.3 Å². The fourth-order valence-electron chi connectivity index (χ4n) is 3.51. The molecule has 1 aliphatic rings. The number of para-hydroxylation sites is 1. The quantitative estimate of drug-likeness (QED) is 0.610. The Labute approximate surface area is 169 Å². The topological polar surface area (TPSA) is 77.7 Å². The van der Waals surface area contributed by atoms with Gasteiger partial charge in [0.25, 0.3) is 5.89 Å². The average Bonchev–Trinajstić information content (AvgIpc) is 3.37. The number of carbonyl (C=O) groups excluding carboxylic acids is 1. The second-order valence-corrected chi connectivity index (χ2v) is 6.91. The maximum Gasteiger partial charge on any atom is 0.261 e. The van der Waals surface area contributed by atoms with Crippen LogP contribution in [-0.4, -0.2) is 41.2 Å². The number of nitrogens with zero attached hydrogens (tertiary/aromatic N) is 3. The van der Waals surface area contributed by atoms with Crippen LogP contribution in [0.3, 0.4) is 0 Å². The van der Waals surface area contributed by atoms with E-state index in [4.69, 9.17) is 14.0 Å². The van der Waals surface area contributed by atoms with Gasteiger partial charge in [-0.3, -0.25) is 4.79 Å². The van der Waals surface area contributed by atoms with E-state index in [1.165, 1.54) is 0 Å². The Balaban J connectivity index is 1.45. The van der Waals surface area contributed by atoms with Crippen molar-refractivity contribution in [3.63, 3.8) is 0 Å². The molecular weight excluding hydrogens is 370 g/mol. The van der Waals surface area contributed by atoms with E-state index in [0.29, 0.717) is 43.6 Å². The highest BCUT2D eigenvalue weighted by molar-refractivity contribution is 5.79. The van der Waals surface area contributed by atoms with Gasteiger partial charge in [-0.2, -0.15) is 4.98 Å². The van der Waals surface area contributed by atoms with E-state index in [2.05, 4.69) is 10.1 Å². The summed E-state index contributed by atoms with van der Waals surface area (Å²) in [6.07, 6.45) is 0.377. The van der Waals surface area contributed by atoms with Crippen LogP contribution in [0.25, 0.3) is 11.5 Å². The Morgan fingerprint density at radius 3 is 2.72 bits per heavy atom. The predicted molar refractivity (Wildman–Crippen MR) is 107 cm³/mol. The molecule has 1 atom stereocenters. The number of carbonyl (C=O) groups is 1. The molecule has 3 aromatic rings. The van der Waals surface area contributed by atoms with Crippen molar-refractivity contribution in [2.45, 2.75) is 25.8 Å². The molecule has 1 unspecified atom stereocenters. The van der Waals surface area contributed by atoms with Crippen LogP contribution in [0.5, 0.6) is 11.5 Å². The smallest absolute Gasteiger partial charge is 0.261 e. The van der Waals surface area contributed by atoms with Crippen LogP contribution < -0.4 is 9.47 Å². The van der Waals surface area contributed by atoms with Gasteiger partial charge in [0.2, 0.25) is 5.91 Å². The first-order chi connectivity index (χ1) is 14.2. The maximum absolute atomic E-state index is 12.5. The Hall–Kier alpha value is -3.35. The molecule has 0 aliphatic carbocycles. The summed E-state index contributed by atoms with van der Waals surface area (Å²) in [5.74, 6) is 2.45. The second kappa shape index (κ2) is 8.34. The van der Waals surface area contributed by atoms with Gasteiger partial charge in [0, 0.05) is 25.4 Å². The van der Waals surface area contributed by atoms with Crippen LogP contribution in [0.4, 0.5) is 0 Å². The lowest BCUT2D eigenvalue weighted by atomic mass is 10.1. The number of hydrogen-bond acceptors (Lipinski definition) is 6. The Kier molecular flexibility index (Phi) is 5.46.